The van der Waals surface area contributed by atoms with Gasteiger partial charge in [0.2, 0.25) is 11.7 Å². The Bertz CT molecular complexity index is 433. The Kier molecular flexibility index (Phi) is 2.77. The van der Waals surface area contributed by atoms with Gasteiger partial charge in [0.05, 0.1) is 0 Å². The Hall–Kier alpha value is -1.69. The van der Waals surface area contributed by atoms with Crippen molar-refractivity contribution < 1.29 is 4.52 Å². The lowest BCUT2D eigenvalue weighted by molar-refractivity contribution is 0.377. The maximum atomic E-state index is 5.09. The van der Waals surface area contributed by atoms with E-state index in [9.17, 15) is 0 Å². The van der Waals surface area contributed by atoms with Gasteiger partial charge in [-0.2, -0.15) is 4.98 Å². The van der Waals surface area contributed by atoms with Gasteiger partial charge in [-0.3, -0.25) is 0 Å². The molecule has 0 aliphatic carbocycles. The Labute approximate surface area is 87.3 Å². The van der Waals surface area contributed by atoms with Gasteiger partial charge in [0.1, 0.15) is 0 Å². The number of imidazole rings is 1. The van der Waals surface area contributed by atoms with Crippen LogP contribution in [0.5, 0.6) is 0 Å². The summed E-state index contributed by atoms with van der Waals surface area (Å²) < 4.78 is 6.94. The van der Waals surface area contributed by atoms with Gasteiger partial charge in [0.15, 0.2) is 5.82 Å². The first-order valence-electron chi connectivity index (χ1n) is 4.76. The fourth-order valence-electron chi connectivity index (χ4n) is 1.26. The van der Waals surface area contributed by atoms with Crippen LogP contribution in [0.3, 0.4) is 0 Å². The molecule has 0 bridgehead atoms. The molecule has 0 unspecified atom stereocenters. The van der Waals surface area contributed by atoms with Gasteiger partial charge in [0.25, 0.3) is 0 Å². The second-order valence-electron chi connectivity index (χ2n) is 3.23. The van der Waals surface area contributed by atoms with Crippen LogP contribution in [0.4, 0.5) is 0 Å². The van der Waals surface area contributed by atoms with Crippen molar-refractivity contribution in [3.05, 3.63) is 18.3 Å². The van der Waals surface area contributed by atoms with Crippen molar-refractivity contribution in [1.82, 2.24) is 25.0 Å². The van der Waals surface area contributed by atoms with Crippen molar-refractivity contribution in [3.63, 3.8) is 0 Å². The summed E-state index contributed by atoms with van der Waals surface area (Å²) in [6.07, 6.45) is 4.28. The first-order chi connectivity index (χ1) is 7.31. The first-order valence-corrected chi connectivity index (χ1v) is 4.76. The molecule has 0 aliphatic heterocycles. The van der Waals surface area contributed by atoms with E-state index in [1.54, 1.807) is 6.20 Å². The lowest BCUT2D eigenvalue weighted by atomic mass is 10.4. The smallest absolute Gasteiger partial charge is 0.238 e. The van der Waals surface area contributed by atoms with Crippen molar-refractivity contribution >= 4 is 0 Å². The summed E-state index contributed by atoms with van der Waals surface area (Å²) in [5.41, 5.74) is 0. The zero-order chi connectivity index (χ0) is 10.7. The molecule has 15 heavy (non-hydrogen) atoms. The average molecular weight is 207 g/mol. The zero-order valence-electron chi connectivity index (χ0n) is 8.77. The maximum absolute atomic E-state index is 5.09. The molecule has 0 spiro atoms. The van der Waals surface area contributed by atoms with Crippen molar-refractivity contribution in [2.75, 3.05) is 13.6 Å². The van der Waals surface area contributed by atoms with E-state index in [0.29, 0.717) is 11.7 Å². The number of nitrogens with one attached hydrogen (secondary N) is 1. The minimum absolute atomic E-state index is 0.536. The summed E-state index contributed by atoms with van der Waals surface area (Å²) >= 11 is 0. The second-order valence-corrected chi connectivity index (χ2v) is 3.23. The highest BCUT2D eigenvalue weighted by Gasteiger charge is 2.11. The van der Waals surface area contributed by atoms with Gasteiger partial charge < -0.3 is 14.4 Å². The number of rotatable bonds is 4. The quantitative estimate of drug-likeness (QED) is 0.777. The highest BCUT2D eigenvalue weighted by atomic mass is 16.5. The molecule has 0 saturated carbocycles. The van der Waals surface area contributed by atoms with Crippen LogP contribution < -0.4 is 5.32 Å². The molecule has 0 radical (unpaired) electrons. The minimum Gasteiger partial charge on any atom is -0.339 e. The zero-order valence-corrected chi connectivity index (χ0v) is 8.77. The van der Waals surface area contributed by atoms with Gasteiger partial charge in [-0.05, 0) is 7.05 Å². The lowest BCUT2D eigenvalue weighted by Gasteiger charge is -1.93. The number of aromatic nitrogens is 4. The average Bonchev–Trinajstić information content (AvgIpc) is 2.83. The fourth-order valence-corrected chi connectivity index (χ4v) is 1.26. The van der Waals surface area contributed by atoms with Gasteiger partial charge >= 0.3 is 0 Å². The van der Waals surface area contributed by atoms with Crippen molar-refractivity contribution in [1.29, 1.82) is 0 Å². The van der Waals surface area contributed by atoms with Crippen LogP contribution in [0.25, 0.3) is 11.6 Å². The Balaban J connectivity index is 2.17. The highest BCUT2D eigenvalue weighted by molar-refractivity contribution is 5.42. The molecule has 6 heteroatoms. The number of aryl methyl sites for hydroxylation is 1. The predicted molar refractivity (Wildman–Crippen MR) is 54.1 cm³/mol. The molecule has 2 aromatic rings. The summed E-state index contributed by atoms with van der Waals surface area (Å²) in [4.78, 5) is 8.39. The Morgan fingerprint density at radius 3 is 3.07 bits per heavy atom. The molecule has 2 rings (SSSR count). The molecule has 0 amide bonds. The number of hydrogen-bond donors (Lipinski definition) is 1. The van der Waals surface area contributed by atoms with E-state index < -0.39 is 0 Å². The van der Waals surface area contributed by atoms with Crippen LogP contribution in [0, 0.1) is 0 Å². The van der Waals surface area contributed by atoms with Gasteiger partial charge in [-0.25, -0.2) is 4.98 Å². The van der Waals surface area contributed by atoms with Gasteiger partial charge in [-0.1, -0.05) is 5.16 Å². The van der Waals surface area contributed by atoms with E-state index in [1.165, 1.54) is 0 Å². The van der Waals surface area contributed by atoms with E-state index in [2.05, 4.69) is 20.4 Å². The molecule has 80 valence electrons. The number of likely N-dealkylation sites (N-methyl/N-ethyl adjacent to an activating group) is 1. The van der Waals surface area contributed by atoms with E-state index in [1.807, 2.05) is 24.9 Å². The van der Waals surface area contributed by atoms with Gasteiger partial charge in [0, 0.05) is 32.4 Å². The van der Waals surface area contributed by atoms with E-state index in [-0.39, 0.29) is 0 Å². The molecule has 0 aromatic carbocycles. The molecule has 0 atom stereocenters. The largest absolute Gasteiger partial charge is 0.339 e. The van der Waals surface area contributed by atoms with Crippen LogP contribution >= 0.6 is 0 Å². The molecule has 2 heterocycles. The van der Waals surface area contributed by atoms with Crippen LogP contribution in [-0.4, -0.2) is 33.3 Å². The SMILES string of the molecule is CNCCc1nc(-c2nccn2C)no1. The highest BCUT2D eigenvalue weighted by Crippen LogP contribution is 2.11. The third kappa shape index (κ3) is 2.04. The maximum Gasteiger partial charge on any atom is 0.238 e. The third-order valence-electron chi connectivity index (χ3n) is 2.08. The minimum atomic E-state index is 0.536. The van der Waals surface area contributed by atoms with Crippen molar-refractivity contribution in [3.8, 4) is 11.6 Å². The molecule has 0 aliphatic rings. The molecule has 0 fully saturated rings. The Morgan fingerprint density at radius 2 is 2.40 bits per heavy atom. The van der Waals surface area contributed by atoms with Crippen molar-refractivity contribution in [2.24, 2.45) is 7.05 Å². The standard InChI is InChI=1S/C9H13N5O/c1-10-4-3-7-12-8(13-15-7)9-11-5-6-14(9)2/h5-6,10H,3-4H2,1-2H3. The molecule has 1 N–H and O–H groups in total. The molecule has 0 saturated heterocycles. The molecular formula is C9H13N5O. The molecule has 6 nitrogen and oxygen atoms in total. The van der Waals surface area contributed by atoms with Crippen LogP contribution in [0.2, 0.25) is 0 Å². The summed E-state index contributed by atoms with van der Waals surface area (Å²) in [6, 6.07) is 0. The van der Waals surface area contributed by atoms with E-state index in [4.69, 9.17) is 4.52 Å². The van der Waals surface area contributed by atoms with E-state index in [0.717, 1.165) is 18.8 Å². The predicted octanol–water partition coefficient (Wildman–Crippen LogP) is 0.232. The van der Waals surface area contributed by atoms with Crippen LogP contribution in [0.15, 0.2) is 16.9 Å². The fraction of sp³-hybridized carbons (Fsp3) is 0.444. The summed E-state index contributed by atoms with van der Waals surface area (Å²) in [5, 5.41) is 6.90. The first kappa shape index (κ1) is 9.85. The topological polar surface area (TPSA) is 68.8 Å². The molecule has 2 aromatic heterocycles. The molecular weight excluding hydrogens is 194 g/mol. The third-order valence-corrected chi connectivity index (χ3v) is 2.08. The monoisotopic (exact) mass is 207 g/mol. The summed E-state index contributed by atoms with van der Waals surface area (Å²) in [5.74, 6) is 1.88. The second kappa shape index (κ2) is 4.22. The Morgan fingerprint density at radius 1 is 1.53 bits per heavy atom. The number of nitrogens with zero attached hydrogens (tertiary/aromatic N) is 4. The summed E-state index contributed by atoms with van der Waals surface area (Å²) in [7, 11) is 3.78. The van der Waals surface area contributed by atoms with Crippen LogP contribution in [0.1, 0.15) is 5.89 Å². The van der Waals surface area contributed by atoms with Gasteiger partial charge in [-0.15, -0.1) is 0 Å². The lowest BCUT2D eigenvalue weighted by Crippen LogP contribution is -2.10. The normalized spacial score (nSPS) is 10.8. The van der Waals surface area contributed by atoms with Crippen LogP contribution in [-0.2, 0) is 13.5 Å². The summed E-state index contributed by atoms with van der Waals surface area (Å²) in [6.45, 7) is 0.822. The van der Waals surface area contributed by atoms with E-state index >= 15 is 0 Å². The van der Waals surface area contributed by atoms with Crippen molar-refractivity contribution in [2.45, 2.75) is 6.42 Å². The number of hydrogen-bond acceptors (Lipinski definition) is 5.